The van der Waals surface area contributed by atoms with E-state index in [1.807, 2.05) is 0 Å². The van der Waals surface area contributed by atoms with Gasteiger partial charge < -0.3 is 19.7 Å². The van der Waals surface area contributed by atoms with Crippen molar-refractivity contribution in [3.8, 4) is 11.5 Å². The van der Waals surface area contributed by atoms with Crippen molar-refractivity contribution in [1.82, 2.24) is 9.88 Å². The minimum Gasteiger partial charge on any atom is -0.456 e. The average molecular weight is 673 g/mol. The Morgan fingerprint density at radius 2 is 1.84 bits per heavy atom. The van der Waals surface area contributed by atoms with Crippen molar-refractivity contribution in [2.24, 2.45) is 0 Å². The quantitative estimate of drug-likeness (QED) is 0.201. The lowest BCUT2D eigenvalue weighted by molar-refractivity contribution is -0.137. The molecule has 1 unspecified atom stereocenters. The largest absolute Gasteiger partial charge is 0.456 e. The van der Waals surface area contributed by atoms with E-state index >= 15 is 0 Å². The highest BCUT2D eigenvalue weighted by Gasteiger charge is 2.37. The number of likely N-dealkylation sites (tertiary alicyclic amines) is 1. The third-order valence-electron chi connectivity index (χ3n) is 6.52. The molecule has 242 valence electrons. The zero-order chi connectivity index (χ0) is 33.3. The Hall–Kier alpha value is -3.95. The number of hydrogen-bond donors (Lipinski definition) is 2. The first-order valence-electron chi connectivity index (χ1n) is 13.4. The predicted octanol–water partition coefficient (Wildman–Crippen LogP) is 7.20. The monoisotopic (exact) mass is 672 g/mol. The minimum absolute atomic E-state index is 0.00477. The van der Waals surface area contributed by atoms with Crippen molar-refractivity contribution in [3.63, 3.8) is 0 Å². The van der Waals surface area contributed by atoms with Crippen molar-refractivity contribution in [3.05, 3.63) is 76.2 Å². The number of aromatic nitrogens is 1. The molecule has 3 aromatic rings. The smallest absolute Gasteiger partial charge is 0.417 e. The number of pyridine rings is 1. The maximum atomic E-state index is 13.7. The molecule has 0 spiro atoms. The van der Waals surface area contributed by atoms with Crippen LogP contribution in [0.2, 0.25) is 5.02 Å². The van der Waals surface area contributed by atoms with E-state index in [1.54, 1.807) is 20.8 Å². The van der Waals surface area contributed by atoms with E-state index in [9.17, 15) is 35.9 Å². The number of halogens is 5. The van der Waals surface area contributed by atoms with Gasteiger partial charge in [0.25, 0.3) is 17.2 Å². The number of amides is 2. The number of hydrogen-bond acceptors (Lipinski definition) is 6. The molecule has 2 N–H and O–H groups in total. The Balaban J connectivity index is 1.61. The van der Waals surface area contributed by atoms with E-state index < -0.39 is 63.2 Å². The number of anilines is 2. The Bertz CT molecular complexity index is 1640. The molecule has 1 aromatic heterocycles. The highest BCUT2D eigenvalue weighted by Crippen LogP contribution is 2.40. The molecule has 2 amide bonds. The highest BCUT2D eigenvalue weighted by molar-refractivity contribution is 7.80. The molecule has 1 aliphatic heterocycles. The lowest BCUT2D eigenvalue weighted by Crippen LogP contribution is -2.41. The van der Waals surface area contributed by atoms with Gasteiger partial charge >= 0.3 is 12.3 Å². The number of alkyl halides is 3. The van der Waals surface area contributed by atoms with Gasteiger partial charge in [-0.3, -0.25) is 9.35 Å². The van der Waals surface area contributed by atoms with Crippen LogP contribution in [0.1, 0.15) is 48.7 Å². The van der Waals surface area contributed by atoms with Crippen molar-refractivity contribution in [2.45, 2.75) is 51.9 Å². The first-order valence-corrected chi connectivity index (χ1v) is 14.9. The summed E-state index contributed by atoms with van der Waals surface area (Å²) in [6.45, 7) is 6.95. The van der Waals surface area contributed by atoms with Gasteiger partial charge in [0.1, 0.15) is 28.7 Å². The number of rotatable bonds is 7. The molecule has 10 nitrogen and oxygen atoms in total. The maximum Gasteiger partial charge on any atom is 0.417 e. The van der Waals surface area contributed by atoms with E-state index in [0.717, 1.165) is 22.5 Å². The van der Waals surface area contributed by atoms with E-state index in [0.29, 0.717) is 12.5 Å². The molecule has 0 radical (unpaired) electrons. The predicted molar refractivity (Wildman–Crippen MR) is 159 cm³/mol. The Labute approximate surface area is 263 Å². The molecule has 0 bridgehead atoms. The van der Waals surface area contributed by atoms with Gasteiger partial charge in [0.15, 0.2) is 0 Å². The minimum atomic E-state index is -4.87. The highest BCUT2D eigenvalue weighted by atomic mass is 35.5. The number of nitrogens with zero attached hydrogens (tertiary/aromatic N) is 3. The molecule has 4 rings (SSSR count). The molecule has 1 fully saturated rings. The number of carbonyl (C=O) groups is 2. The molecule has 2 aromatic carbocycles. The number of ether oxygens (including phenoxy) is 2. The van der Waals surface area contributed by atoms with Crippen molar-refractivity contribution < 1.29 is 45.4 Å². The average Bonchev–Trinajstić information content (AvgIpc) is 3.39. The van der Waals surface area contributed by atoms with Crippen LogP contribution in [-0.4, -0.2) is 55.4 Å². The van der Waals surface area contributed by atoms with Crippen LogP contribution in [0.5, 0.6) is 11.5 Å². The molecule has 1 saturated heterocycles. The molecule has 2 heterocycles. The van der Waals surface area contributed by atoms with Gasteiger partial charge in [-0.05, 0) is 76.1 Å². The Morgan fingerprint density at radius 3 is 2.47 bits per heavy atom. The zero-order valence-corrected chi connectivity index (χ0v) is 26.0. The molecule has 2 atom stereocenters. The molecule has 45 heavy (non-hydrogen) atoms. The first kappa shape index (κ1) is 33.9. The number of aryl methyl sites for hydroxylation is 1. The van der Waals surface area contributed by atoms with Crippen LogP contribution in [0, 0.1) is 12.7 Å². The second-order valence-electron chi connectivity index (χ2n) is 11.1. The second-order valence-corrected chi connectivity index (χ2v) is 12.4. The molecule has 1 aliphatic rings. The summed E-state index contributed by atoms with van der Waals surface area (Å²) in [5.41, 5.74) is -2.02. The molecule has 0 saturated carbocycles. The van der Waals surface area contributed by atoms with Crippen molar-refractivity contribution >= 4 is 46.4 Å². The summed E-state index contributed by atoms with van der Waals surface area (Å²) in [7, 11) is 0. The van der Waals surface area contributed by atoms with Crippen LogP contribution in [0.3, 0.4) is 0 Å². The van der Waals surface area contributed by atoms with Gasteiger partial charge in [0.05, 0.1) is 22.2 Å². The first-order chi connectivity index (χ1) is 20.9. The third-order valence-corrected chi connectivity index (χ3v) is 7.65. The van der Waals surface area contributed by atoms with Crippen LogP contribution in [0.25, 0.3) is 0 Å². The standard InChI is InChI=1S/C29H29ClF4N4O6S/c1-16-11-17(31)5-6-23(16)43-24-14-21(29(32,33)34)22(30)13-20(24)26(39)36-18-7-9-35-25(12-18)38(45(41)42)19-8-10-37(15-19)27(40)44-28(2,3)4/h5-7,9,11-14,19H,8,10,15H2,1-4H3,(H,41,42)(H,35,36,39)/t19-/m1/s1. The summed E-state index contributed by atoms with van der Waals surface area (Å²) in [6, 6.07) is 6.77. The Morgan fingerprint density at radius 1 is 1.13 bits per heavy atom. The Kier molecular flexibility index (Phi) is 9.94. The molecule has 16 heteroatoms. The topological polar surface area (TPSA) is 121 Å². The fourth-order valence-corrected chi connectivity index (χ4v) is 5.47. The normalized spacial score (nSPS) is 15.9. The van der Waals surface area contributed by atoms with Gasteiger partial charge in [0.2, 0.25) is 0 Å². The van der Waals surface area contributed by atoms with E-state index in [1.165, 1.54) is 36.2 Å². The van der Waals surface area contributed by atoms with Crippen LogP contribution >= 0.6 is 11.6 Å². The zero-order valence-electron chi connectivity index (χ0n) is 24.4. The number of nitrogens with one attached hydrogen (secondary N) is 1. The summed E-state index contributed by atoms with van der Waals surface area (Å²) in [4.78, 5) is 31.4. The fraction of sp³-hybridized carbons (Fsp3) is 0.345. The SMILES string of the molecule is Cc1cc(F)ccc1Oc1cc(C(F)(F)F)c(Cl)cc1C(=O)Nc1ccnc(N([C@@H]2CCN(C(=O)OC(C)(C)C)C2)S(=O)O)c1. The van der Waals surface area contributed by atoms with Crippen LogP contribution in [-0.2, 0) is 22.2 Å². The van der Waals surface area contributed by atoms with Gasteiger partial charge in [-0.2, -0.15) is 13.2 Å². The molecule has 0 aliphatic carbocycles. The second kappa shape index (κ2) is 13.2. The van der Waals surface area contributed by atoms with E-state index in [2.05, 4.69) is 10.3 Å². The van der Waals surface area contributed by atoms with Crippen LogP contribution in [0.4, 0.5) is 33.9 Å². The van der Waals surface area contributed by atoms with Gasteiger partial charge in [-0.1, -0.05) is 11.6 Å². The molecular weight excluding hydrogens is 644 g/mol. The maximum absolute atomic E-state index is 13.7. The lowest BCUT2D eigenvalue weighted by atomic mass is 10.1. The van der Waals surface area contributed by atoms with E-state index in [4.69, 9.17) is 21.1 Å². The van der Waals surface area contributed by atoms with Gasteiger partial charge in [-0.15, -0.1) is 0 Å². The van der Waals surface area contributed by atoms with Gasteiger partial charge in [0, 0.05) is 31.0 Å². The lowest BCUT2D eigenvalue weighted by Gasteiger charge is -2.27. The number of benzene rings is 2. The molecular formula is C29H29ClF4N4O6S. The summed E-state index contributed by atoms with van der Waals surface area (Å²) in [6.07, 6.45) is -3.88. The summed E-state index contributed by atoms with van der Waals surface area (Å²) >= 11 is 3.33. The fourth-order valence-electron chi connectivity index (χ4n) is 4.51. The van der Waals surface area contributed by atoms with Crippen LogP contribution < -0.4 is 14.4 Å². The summed E-state index contributed by atoms with van der Waals surface area (Å²) in [5.74, 6) is -2.03. The summed E-state index contributed by atoms with van der Waals surface area (Å²) in [5, 5.41) is 1.76. The van der Waals surface area contributed by atoms with Gasteiger partial charge in [-0.25, -0.2) is 22.7 Å². The van der Waals surface area contributed by atoms with E-state index in [-0.39, 0.29) is 41.5 Å². The summed E-state index contributed by atoms with van der Waals surface area (Å²) < 4.78 is 89.2. The third kappa shape index (κ3) is 8.41. The number of carbonyl (C=O) groups excluding carboxylic acids is 2. The van der Waals surface area contributed by atoms with Crippen LogP contribution in [0.15, 0.2) is 48.7 Å². The van der Waals surface area contributed by atoms with Crippen molar-refractivity contribution in [1.29, 1.82) is 0 Å². The van der Waals surface area contributed by atoms with Crippen molar-refractivity contribution in [2.75, 3.05) is 22.7 Å².